The van der Waals surface area contributed by atoms with Crippen molar-refractivity contribution in [2.24, 2.45) is 5.41 Å². The van der Waals surface area contributed by atoms with E-state index in [1.54, 1.807) is 7.11 Å². The smallest absolute Gasteiger partial charge is 0.0701 e. The summed E-state index contributed by atoms with van der Waals surface area (Å²) in [6, 6.07) is 0.423. The third-order valence-electron chi connectivity index (χ3n) is 2.88. The van der Waals surface area contributed by atoms with Gasteiger partial charge >= 0.3 is 0 Å². The molecule has 0 aromatic carbocycles. The van der Waals surface area contributed by atoms with Gasteiger partial charge in [0.15, 0.2) is 0 Å². The minimum absolute atomic E-state index is 0.220. The van der Waals surface area contributed by atoms with E-state index in [0.717, 1.165) is 13.0 Å². The zero-order valence-electron chi connectivity index (χ0n) is 12.8. The Morgan fingerprint density at radius 1 is 1.00 bits per heavy atom. The first-order chi connectivity index (χ1) is 9.02. The minimum atomic E-state index is 0.220. The molecule has 0 spiro atoms. The van der Waals surface area contributed by atoms with E-state index in [1.165, 1.54) is 0 Å². The lowest BCUT2D eigenvalue weighted by Crippen LogP contribution is -2.42. The Hall–Kier alpha value is 0.130. The number of alkyl halides is 1. The molecule has 1 atom stereocenters. The van der Waals surface area contributed by atoms with Crippen LogP contribution in [0.2, 0.25) is 0 Å². The Morgan fingerprint density at radius 2 is 1.58 bits per heavy atom. The number of methoxy groups -OCH3 is 1. The molecule has 0 aromatic heterocycles. The Kier molecular flexibility index (Phi) is 12.0. The molecule has 0 amide bonds. The predicted octanol–water partition coefficient (Wildman–Crippen LogP) is 2.30. The second-order valence-electron chi connectivity index (χ2n) is 5.57. The summed E-state index contributed by atoms with van der Waals surface area (Å²) in [5, 5.41) is 3.50. The number of nitrogens with one attached hydrogen (secondary N) is 1. The molecular formula is C14H30ClNO3. The summed E-state index contributed by atoms with van der Waals surface area (Å²) in [6.07, 6.45) is 0.977. The van der Waals surface area contributed by atoms with Crippen LogP contribution in [0.15, 0.2) is 0 Å². The zero-order chi connectivity index (χ0) is 14.6. The molecule has 0 radical (unpaired) electrons. The van der Waals surface area contributed by atoms with Crippen LogP contribution in [-0.2, 0) is 14.2 Å². The van der Waals surface area contributed by atoms with Crippen LogP contribution in [0.25, 0.3) is 0 Å². The lowest BCUT2D eigenvalue weighted by Gasteiger charge is -2.31. The summed E-state index contributed by atoms with van der Waals surface area (Å²) in [6.45, 7) is 10.7. The van der Waals surface area contributed by atoms with E-state index < -0.39 is 0 Å². The SMILES string of the molecule is COCCOCCOCCNC(CCCl)C(C)(C)C. The minimum Gasteiger partial charge on any atom is -0.382 e. The van der Waals surface area contributed by atoms with Crippen molar-refractivity contribution in [1.29, 1.82) is 0 Å². The molecule has 0 aliphatic rings. The Labute approximate surface area is 123 Å². The maximum atomic E-state index is 5.83. The first-order valence-electron chi connectivity index (χ1n) is 6.96. The second kappa shape index (κ2) is 11.9. The summed E-state index contributed by atoms with van der Waals surface area (Å²) >= 11 is 5.83. The van der Waals surface area contributed by atoms with Crippen molar-refractivity contribution in [1.82, 2.24) is 5.32 Å². The largest absolute Gasteiger partial charge is 0.382 e. The quantitative estimate of drug-likeness (QED) is 0.443. The monoisotopic (exact) mass is 295 g/mol. The molecule has 0 bridgehead atoms. The highest BCUT2D eigenvalue weighted by Gasteiger charge is 2.22. The highest BCUT2D eigenvalue weighted by molar-refractivity contribution is 6.17. The summed E-state index contributed by atoms with van der Waals surface area (Å²) < 4.78 is 15.7. The molecule has 0 aliphatic carbocycles. The van der Waals surface area contributed by atoms with E-state index in [4.69, 9.17) is 25.8 Å². The van der Waals surface area contributed by atoms with Crippen molar-refractivity contribution >= 4 is 11.6 Å². The van der Waals surface area contributed by atoms with Gasteiger partial charge in [0.2, 0.25) is 0 Å². The number of rotatable bonds is 12. The van der Waals surface area contributed by atoms with Crippen LogP contribution in [0.1, 0.15) is 27.2 Å². The van der Waals surface area contributed by atoms with Gasteiger partial charge in [-0.3, -0.25) is 0 Å². The van der Waals surface area contributed by atoms with E-state index in [9.17, 15) is 0 Å². The third kappa shape index (κ3) is 11.6. The molecule has 0 fully saturated rings. The molecule has 0 saturated carbocycles. The fourth-order valence-electron chi connectivity index (χ4n) is 1.72. The molecule has 0 aliphatic heterocycles. The van der Waals surface area contributed by atoms with Crippen molar-refractivity contribution in [3.63, 3.8) is 0 Å². The molecule has 1 unspecified atom stereocenters. The van der Waals surface area contributed by atoms with E-state index >= 15 is 0 Å². The summed E-state index contributed by atoms with van der Waals surface area (Å²) in [5.74, 6) is 0.684. The van der Waals surface area contributed by atoms with E-state index in [1.807, 2.05) is 0 Å². The Balaban J connectivity index is 3.45. The molecule has 1 N–H and O–H groups in total. The van der Waals surface area contributed by atoms with Crippen molar-refractivity contribution in [3.8, 4) is 0 Å². The van der Waals surface area contributed by atoms with Crippen molar-refractivity contribution < 1.29 is 14.2 Å². The fourth-order valence-corrected chi connectivity index (χ4v) is 1.94. The van der Waals surface area contributed by atoms with Gasteiger partial charge < -0.3 is 19.5 Å². The van der Waals surface area contributed by atoms with Gasteiger partial charge in [-0.1, -0.05) is 20.8 Å². The number of hydrogen-bond acceptors (Lipinski definition) is 4. The zero-order valence-corrected chi connectivity index (χ0v) is 13.6. The van der Waals surface area contributed by atoms with Crippen LogP contribution in [0.3, 0.4) is 0 Å². The van der Waals surface area contributed by atoms with E-state index in [2.05, 4.69) is 26.1 Å². The van der Waals surface area contributed by atoms with Crippen molar-refractivity contribution in [2.45, 2.75) is 33.2 Å². The molecule has 0 rings (SSSR count). The summed E-state index contributed by atoms with van der Waals surface area (Å²) in [7, 11) is 1.66. The van der Waals surface area contributed by atoms with Crippen LogP contribution in [0.4, 0.5) is 0 Å². The lowest BCUT2D eigenvalue weighted by molar-refractivity contribution is 0.0246. The average molecular weight is 296 g/mol. The van der Waals surface area contributed by atoms with Crippen LogP contribution in [0.5, 0.6) is 0 Å². The molecular weight excluding hydrogens is 266 g/mol. The second-order valence-corrected chi connectivity index (χ2v) is 5.95. The summed E-state index contributed by atoms with van der Waals surface area (Å²) in [5.41, 5.74) is 0.220. The van der Waals surface area contributed by atoms with Gasteiger partial charge in [-0.2, -0.15) is 0 Å². The third-order valence-corrected chi connectivity index (χ3v) is 3.10. The van der Waals surface area contributed by atoms with E-state index in [0.29, 0.717) is 45.0 Å². The van der Waals surface area contributed by atoms with Gasteiger partial charge in [-0.05, 0) is 11.8 Å². The highest BCUT2D eigenvalue weighted by Crippen LogP contribution is 2.21. The molecule has 0 aromatic rings. The number of hydrogen-bond donors (Lipinski definition) is 1. The fraction of sp³-hybridized carbons (Fsp3) is 1.00. The predicted molar refractivity (Wildman–Crippen MR) is 80.1 cm³/mol. The maximum Gasteiger partial charge on any atom is 0.0701 e. The maximum absolute atomic E-state index is 5.83. The molecule has 0 heterocycles. The van der Waals surface area contributed by atoms with Gasteiger partial charge in [-0.15, -0.1) is 11.6 Å². The van der Waals surface area contributed by atoms with Crippen LogP contribution < -0.4 is 5.32 Å². The first kappa shape index (κ1) is 19.1. The first-order valence-corrected chi connectivity index (χ1v) is 7.49. The average Bonchev–Trinajstić information content (AvgIpc) is 2.34. The number of halogens is 1. The Bertz CT molecular complexity index is 198. The van der Waals surface area contributed by atoms with Crippen LogP contribution >= 0.6 is 11.6 Å². The number of ether oxygens (including phenoxy) is 3. The van der Waals surface area contributed by atoms with Gasteiger partial charge in [0.05, 0.1) is 33.0 Å². The van der Waals surface area contributed by atoms with Gasteiger partial charge in [-0.25, -0.2) is 0 Å². The van der Waals surface area contributed by atoms with Gasteiger partial charge in [0.1, 0.15) is 0 Å². The van der Waals surface area contributed by atoms with E-state index in [-0.39, 0.29) is 5.41 Å². The summed E-state index contributed by atoms with van der Waals surface area (Å²) in [4.78, 5) is 0. The van der Waals surface area contributed by atoms with Crippen LogP contribution in [0, 0.1) is 5.41 Å². The molecule has 19 heavy (non-hydrogen) atoms. The standard InChI is InChI=1S/C14H30ClNO3/c1-14(2,3)13(5-6-15)16-7-8-18-11-12-19-10-9-17-4/h13,16H,5-12H2,1-4H3. The molecule has 0 saturated heterocycles. The normalized spacial score (nSPS) is 13.7. The molecule has 4 nitrogen and oxygen atoms in total. The van der Waals surface area contributed by atoms with Gasteiger partial charge in [0.25, 0.3) is 0 Å². The Morgan fingerprint density at radius 3 is 2.11 bits per heavy atom. The van der Waals surface area contributed by atoms with Gasteiger partial charge in [0, 0.05) is 25.6 Å². The topological polar surface area (TPSA) is 39.7 Å². The van der Waals surface area contributed by atoms with Crippen molar-refractivity contribution in [2.75, 3.05) is 52.6 Å². The molecule has 5 heteroatoms. The van der Waals surface area contributed by atoms with Crippen LogP contribution in [-0.4, -0.2) is 58.6 Å². The van der Waals surface area contributed by atoms with Crippen molar-refractivity contribution in [3.05, 3.63) is 0 Å². The lowest BCUT2D eigenvalue weighted by atomic mass is 9.85. The molecule has 116 valence electrons. The highest BCUT2D eigenvalue weighted by atomic mass is 35.5.